The molecule has 0 aromatic heterocycles. The van der Waals surface area contributed by atoms with E-state index in [1.54, 1.807) is 14.2 Å². The van der Waals surface area contributed by atoms with E-state index >= 15 is 0 Å². The fourth-order valence-corrected chi connectivity index (χ4v) is 5.82. The number of amides is 1. The Bertz CT molecular complexity index is 760. The van der Waals surface area contributed by atoms with Crippen molar-refractivity contribution in [1.82, 2.24) is 15.1 Å². The Hall–Kier alpha value is -1.83. The number of benzene rings is 1. The Morgan fingerprint density at radius 1 is 1.09 bits per heavy atom. The Labute approximate surface area is 192 Å². The van der Waals surface area contributed by atoms with Crippen LogP contribution < -0.4 is 14.8 Å². The molecule has 1 aromatic carbocycles. The van der Waals surface area contributed by atoms with Gasteiger partial charge in [-0.25, -0.2) is 0 Å². The first-order chi connectivity index (χ1) is 15.6. The van der Waals surface area contributed by atoms with E-state index in [1.807, 2.05) is 12.1 Å². The minimum atomic E-state index is 0.0985. The summed E-state index contributed by atoms with van der Waals surface area (Å²) in [7, 11) is 3.36. The van der Waals surface area contributed by atoms with Crippen molar-refractivity contribution in [2.24, 2.45) is 0 Å². The Morgan fingerprint density at radius 2 is 1.88 bits per heavy atom. The standard InChI is InChI=1S/C25H39N3O4/c1-30-20-8-9-21(23(17-20)31-2)22-7-6-12-27(22)18-24(29)26-19-25(10-4-3-5-11-25)28-13-15-32-16-14-28/h8-9,17,22H,3-7,10-16,18-19H2,1-2H3,(H,26,29)/t22-/m1/s1. The van der Waals surface area contributed by atoms with Crippen molar-refractivity contribution >= 4 is 5.91 Å². The second kappa shape index (κ2) is 10.9. The normalized spacial score (nSPS) is 24.2. The van der Waals surface area contributed by atoms with Crippen LogP contribution in [0.15, 0.2) is 18.2 Å². The smallest absolute Gasteiger partial charge is 0.234 e. The highest BCUT2D eigenvalue weighted by molar-refractivity contribution is 5.78. The number of hydrogen-bond donors (Lipinski definition) is 1. The number of nitrogens with one attached hydrogen (secondary N) is 1. The number of likely N-dealkylation sites (tertiary alicyclic amines) is 1. The van der Waals surface area contributed by atoms with Crippen LogP contribution in [-0.4, -0.2) is 81.4 Å². The Kier molecular flexibility index (Phi) is 7.92. The van der Waals surface area contributed by atoms with Gasteiger partial charge < -0.3 is 19.5 Å². The summed E-state index contributed by atoms with van der Waals surface area (Å²) in [6.07, 6.45) is 8.26. The topological polar surface area (TPSA) is 63.3 Å². The van der Waals surface area contributed by atoms with E-state index in [0.717, 1.165) is 69.3 Å². The first-order valence-corrected chi connectivity index (χ1v) is 12.2. The van der Waals surface area contributed by atoms with Crippen LogP contribution in [0, 0.1) is 0 Å². The quantitative estimate of drug-likeness (QED) is 0.664. The number of morpholine rings is 1. The number of ether oxygens (including phenoxy) is 3. The molecule has 2 heterocycles. The van der Waals surface area contributed by atoms with Crippen LogP contribution in [0.1, 0.15) is 56.6 Å². The first kappa shape index (κ1) is 23.3. The zero-order valence-corrected chi connectivity index (χ0v) is 19.7. The summed E-state index contributed by atoms with van der Waals surface area (Å²) in [5.41, 5.74) is 1.23. The van der Waals surface area contributed by atoms with Gasteiger partial charge in [0, 0.05) is 42.8 Å². The van der Waals surface area contributed by atoms with E-state index in [0.29, 0.717) is 6.54 Å². The highest BCUT2D eigenvalue weighted by atomic mass is 16.5. The van der Waals surface area contributed by atoms with Gasteiger partial charge in [0.05, 0.1) is 34.0 Å². The zero-order chi connectivity index (χ0) is 22.4. The maximum atomic E-state index is 13.1. The lowest BCUT2D eigenvalue weighted by Crippen LogP contribution is -2.60. The largest absolute Gasteiger partial charge is 0.497 e. The Balaban J connectivity index is 1.38. The van der Waals surface area contributed by atoms with Crippen molar-refractivity contribution < 1.29 is 19.0 Å². The summed E-state index contributed by atoms with van der Waals surface area (Å²) < 4.78 is 16.6. The molecule has 1 aliphatic carbocycles. The summed E-state index contributed by atoms with van der Waals surface area (Å²) in [6.45, 7) is 5.66. The summed E-state index contributed by atoms with van der Waals surface area (Å²) in [6, 6.07) is 6.18. The molecule has 1 saturated carbocycles. The van der Waals surface area contributed by atoms with E-state index in [-0.39, 0.29) is 17.5 Å². The van der Waals surface area contributed by atoms with Gasteiger partial charge in [0.2, 0.25) is 5.91 Å². The summed E-state index contributed by atoms with van der Waals surface area (Å²) in [4.78, 5) is 17.9. The highest BCUT2D eigenvalue weighted by Gasteiger charge is 2.39. The molecule has 0 radical (unpaired) electrons. The minimum absolute atomic E-state index is 0.0985. The lowest BCUT2D eigenvalue weighted by atomic mass is 9.79. The van der Waals surface area contributed by atoms with Gasteiger partial charge in [-0.05, 0) is 38.3 Å². The van der Waals surface area contributed by atoms with Crippen LogP contribution in [0.5, 0.6) is 11.5 Å². The second-order valence-electron chi connectivity index (χ2n) is 9.40. The van der Waals surface area contributed by atoms with E-state index in [9.17, 15) is 4.79 Å². The summed E-state index contributed by atoms with van der Waals surface area (Å²) >= 11 is 0. The maximum absolute atomic E-state index is 13.1. The summed E-state index contributed by atoms with van der Waals surface area (Å²) in [5, 5.41) is 3.32. The number of carbonyl (C=O) groups is 1. The molecule has 4 rings (SSSR count). The van der Waals surface area contributed by atoms with Crippen LogP contribution in [0.25, 0.3) is 0 Å². The van der Waals surface area contributed by atoms with Gasteiger partial charge in [-0.15, -0.1) is 0 Å². The van der Waals surface area contributed by atoms with Gasteiger partial charge in [-0.3, -0.25) is 14.6 Å². The van der Waals surface area contributed by atoms with Crippen LogP contribution in [0.2, 0.25) is 0 Å². The molecule has 3 aliphatic rings. The second-order valence-corrected chi connectivity index (χ2v) is 9.40. The van der Waals surface area contributed by atoms with Gasteiger partial charge in [0.15, 0.2) is 0 Å². The van der Waals surface area contributed by atoms with Crippen molar-refractivity contribution in [1.29, 1.82) is 0 Å². The minimum Gasteiger partial charge on any atom is -0.497 e. The number of rotatable bonds is 8. The Morgan fingerprint density at radius 3 is 2.59 bits per heavy atom. The van der Waals surface area contributed by atoms with E-state index in [1.165, 1.54) is 32.1 Å². The molecule has 0 spiro atoms. The molecule has 1 N–H and O–H groups in total. The van der Waals surface area contributed by atoms with E-state index in [4.69, 9.17) is 14.2 Å². The van der Waals surface area contributed by atoms with Crippen LogP contribution in [0.3, 0.4) is 0 Å². The molecule has 178 valence electrons. The van der Waals surface area contributed by atoms with Crippen molar-refractivity contribution in [2.75, 3.05) is 60.2 Å². The lowest BCUT2D eigenvalue weighted by Gasteiger charge is -2.48. The van der Waals surface area contributed by atoms with Crippen molar-refractivity contribution in [2.45, 2.75) is 56.5 Å². The van der Waals surface area contributed by atoms with Gasteiger partial charge >= 0.3 is 0 Å². The van der Waals surface area contributed by atoms with Gasteiger partial charge in [0.25, 0.3) is 0 Å². The molecule has 3 fully saturated rings. The number of hydrogen-bond acceptors (Lipinski definition) is 6. The predicted octanol–water partition coefficient (Wildman–Crippen LogP) is 2.99. The monoisotopic (exact) mass is 445 g/mol. The fraction of sp³-hybridized carbons (Fsp3) is 0.720. The molecule has 0 bridgehead atoms. The first-order valence-electron chi connectivity index (χ1n) is 12.2. The third kappa shape index (κ3) is 5.21. The molecular weight excluding hydrogens is 406 g/mol. The molecule has 1 atom stereocenters. The fourth-order valence-electron chi connectivity index (χ4n) is 5.82. The average molecular weight is 446 g/mol. The van der Waals surface area contributed by atoms with Crippen LogP contribution in [-0.2, 0) is 9.53 Å². The highest BCUT2D eigenvalue weighted by Crippen LogP contribution is 2.38. The number of nitrogens with zero attached hydrogens (tertiary/aromatic N) is 2. The number of methoxy groups -OCH3 is 2. The molecule has 32 heavy (non-hydrogen) atoms. The van der Waals surface area contributed by atoms with Crippen molar-refractivity contribution in [3.8, 4) is 11.5 Å². The van der Waals surface area contributed by atoms with Crippen LogP contribution >= 0.6 is 0 Å². The number of carbonyl (C=O) groups excluding carboxylic acids is 1. The maximum Gasteiger partial charge on any atom is 0.234 e. The molecule has 1 aromatic rings. The molecule has 1 amide bonds. The molecule has 7 heteroatoms. The lowest BCUT2D eigenvalue weighted by molar-refractivity contribution is -0.123. The third-order valence-electron chi connectivity index (χ3n) is 7.59. The molecule has 2 saturated heterocycles. The SMILES string of the molecule is COc1ccc([C@H]2CCCN2CC(=O)NCC2(N3CCOCC3)CCCCC2)c(OC)c1. The predicted molar refractivity (Wildman–Crippen MR) is 124 cm³/mol. The third-order valence-corrected chi connectivity index (χ3v) is 7.59. The average Bonchev–Trinajstić information content (AvgIpc) is 3.31. The van der Waals surface area contributed by atoms with Crippen molar-refractivity contribution in [3.63, 3.8) is 0 Å². The molecular formula is C25H39N3O4. The molecule has 7 nitrogen and oxygen atoms in total. The van der Waals surface area contributed by atoms with E-state index < -0.39 is 0 Å². The van der Waals surface area contributed by atoms with Gasteiger partial charge in [0.1, 0.15) is 11.5 Å². The summed E-state index contributed by atoms with van der Waals surface area (Å²) in [5.74, 6) is 1.74. The van der Waals surface area contributed by atoms with Crippen molar-refractivity contribution in [3.05, 3.63) is 23.8 Å². The van der Waals surface area contributed by atoms with Gasteiger partial charge in [-0.2, -0.15) is 0 Å². The molecule has 0 unspecified atom stereocenters. The zero-order valence-electron chi connectivity index (χ0n) is 19.7. The van der Waals surface area contributed by atoms with E-state index in [2.05, 4.69) is 21.2 Å². The molecule has 2 aliphatic heterocycles. The van der Waals surface area contributed by atoms with Gasteiger partial charge in [-0.1, -0.05) is 25.3 Å². The van der Waals surface area contributed by atoms with Crippen LogP contribution in [0.4, 0.5) is 0 Å².